The lowest BCUT2D eigenvalue weighted by atomic mass is 9.93. The fourth-order valence-electron chi connectivity index (χ4n) is 4.21. The zero-order chi connectivity index (χ0) is 23.6. The zero-order valence-corrected chi connectivity index (χ0v) is 20.2. The number of ether oxygens (including phenoxy) is 1. The zero-order valence-electron chi connectivity index (χ0n) is 19.5. The Morgan fingerprint density at radius 1 is 1.27 bits per heavy atom. The molecule has 2 unspecified atom stereocenters. The van der Waals surface area contributed by atoms with Crippen LogP contribution in [0.1, 0.15) is 39.7 Å². The molecular formula is C24H31ClN6O2. The summed E-state index contributed by atoms with van der Waals surface area (Å²) in [7, 11) is 0. The molecule has 3 heterocycles. The molecule has 1 saturated heterocycles. The fourth-order valence-corrected chi connectivity index (χ4v) is 4.33. The van der Waals surface area contributed by atoms with Crippen molar-refractivity contribution in [3.05, 3.63) is 47.4 Å². The Labute approximate surface area is 199 Å². The van der Waals surface area contributed by atoms with E-state index in [0.717, 1.165) is 54.2 Å². The van der Waals surface area contributed by atoms with Crippen molar-refractivity contribution in [1.82, 2.24) is 25.2 Å². The molecule has 33 heavy (non-hydrogen) atoms. The van der Waals surface area contributed by atoms with Crippen LogP contribution in [0.5, 0.6) is 0 Å². The molecule has 1 amide bonds. The van der Waals surface area contributed by atoms with Crippen molar-refractivity contribution in [3.63, 3.8) is 0 Å². The standard InChI is InChI=1S/C24H31ClN6O2/c1-15-12-31(10-9-19(15)30-23(32)33-24(2,3)4)13-16-11-26-21-20(16)22(28-14-27-21)29-18-7-5-17(25)6-8-18/h5-8,11,14-15,19H,9-10,12-13H2,1-4H3,(H,30,32)(H2,26,27,28,29). The molecule has 3 aromatic rings. The number of hydrogen-bond acceptors (Lipinski definition) is 6. The Morgan fingerprint density at radius 3 is 2.73 bits per heavy atom. The molecule has 8 nitrogen and oxygen atoms in total. The van der Waals surface area contributed by atoms with E-state index >= 15 is 0 Å². The molecule has 3 N–H and O–H groups in total. The lowest BCUT2D eigenvalue weighted by Gasteiger charge is -2.37. The summed E-state index contributed by atoms with van der Waals surface area (Å²) in [6.45, 7) is 10.3. The number of anilines is 2. The van der Waals surface area contributed by atoms with Crippen molar-refractivity contribution < 1.29 is 9.53 Å². The van der Waals surface area contributed by atoms with Gasteiger partial charge in [0.2, 0.25) is 0 Å². The van der Waals surface area contributed by atoms with Gasteiger partial charge in [0.05, 0.1) is 5.39 Å². The van der Waals surface area contributed by atoms with Crippen LogP contribution in [0.25, 0.3) is 11.0 Å². The smallest absolute Gasteiger partial charge is 0.407 e. The number of likely N-dealkylation sites (tertiary alicyclic amines) is 1. The van der Waals surface area contributed by atoms with Crippen LogP contribution in [0.3, 0.4) is 0 Å². The number of aromatic nitrogens is 3. The van der Waals surface area contributed by atoms with Gasteiger partial charge in [0.25, 0.3) is 0 Å². The number of piperidine rings is 1. The highest BCUT2D eigenvalue weighted by atomic mass is 35.5. The molecule has 2 atom stereocenters. The first-order valence-corrected chi connectivity index (χ1v) is 11.6. The Bertz CT molecular complexity index is 1110. The number of hydrogen-bond donors (Lipinski definition) is 3. The quantitative estimate of drug-likeness (QED) is 0.480. The number of carbonyl (C=O) groups excluding carboxylic acids is 1. The summed E-state index contributed by atoms with van der Waals surface area (Å²) < 4.78 is 5.42. The number of nitrogens with zero attached hydrogens (tertiary/aromatic N) is 3. The molecule has 0 radical (unpaired) electrons. The number of rotatable bonds is 5. The van der Waals surface area contributed by atoms with E-state index in [0.29, 0.717) is 10.9 Å². The van der Waals surface area contributed by atoms with Crippen LogP contribution in [0.4, 0.5) is 16.3 Å². The minimum absolute atomic E-state index is 0.101. The summed E-state index contributed by atoms with van der Waals surface area (Å²) in [4.78, 5) is 26.7. The van der Waals surface area contributed by atoms with Crippen LogP contribution in [0.15, 0.2) is 36.8 Å². The highest BCUT2D eigenvalue weighted by Crippen LogP contribution is 2.29. The lowest BCUT2D eigenvalue weighted by molar-refractivity contribution is 0.0440. The maximum absolute atomic E-state index is 12.2. The minimum atomic E-state index is -0.497. The Hall–Kier alpha value is -2.84. The molecule has 0 saturated carbocycles. The number of amides is 1. The van der Waals surface area contributed by atoms with Crippen molar-refractivity contribution in [2.75, 3.05) is 18.4 Å². The van der Waals surface area contributed by atoms with Crippen LogP contribution in [0, 0.1) is 5.92 Å². The fraction of sp³-hybridized carbons (Fsp3) is 0.458. The van der Waals surface area contributed by atoms with Crippen LogP contribution in [-0.4, -0.2) is 50.7 Å². The molecule has 1 aliphatic heterocycles. The Balaban J connectivity index is 1.43. The molecule has 176 valence electrons. The summed E-state index contributed by atoms with van der Waals surface area (Å²) in [5, 5.41) is 8.10. The first-order valence-electron chi connectivity index (χ1n) is 11.2. The minimum Gasteiger partial charge on any atom is -0.444 e. The second-order valence-electron chi connectivity index (χ2n) is 9.65. The predicted molar refractivity (Wildman–Crippen MR) is 131 cm³/mol. The van der Waals surface area contributed by atoms with Crippen LogP contribution < -0.4 is 10.6 Å². The average Bonchev–Trinajstić information content (AvgIpc) is 3.14. The SMILES string of the molecule is CC1CN(Cc2c[nH]c3ncnc(Nc4ccc(Cl)cc4)c23)CCC1NC(=O)OC(C)(C)C. The molecule has 9 heteroatoms. The van der Waals surface area contributed by atoms with Gasteiger partial charge in [-0.3, -0.25) is 4.90 Å². The Kier molecular flexibility index (Phi) is 6.76. The van der Waals surface area contributed by atoms with Gasteiger partial charge in [-0.1, -0.05) is 18.5 Å². The number of H-pyrrole nitrogens is 1. The number of carbonyl (C=O) groups is 1. The third kappa shape index (κ3) is 5.94. The molecule has 2 aromatic heterocycles. The highest BCUT2D eigenvalue weighted by molar-refractivity contribution is 6.30. The van der Waals surface area contributed by atoms with Crippen LogP contribution in [0.2, 0.25) is 5.02 Å². The number of alkyl carbamates (subject to hydrolysis) is 1. The van der Waals surface area contributed by atoms with Crippen molar-refractivity contribution >= 4 is 40.2 Å². The molecule has 1 fully saturated rings. The van der Waals surface area contributed by atoms with Gasteiger partial charge in [-0.15, -0.1) is 0 Å². The van der Waals surface area contributed by atoms with Crippen molar-refractivity contribution in [2.45, 2.75) is 52.3 Å². The monoisotopic (exact) mass is 470 g/mol. The molecule has 4 rings (SSSR count). The largest absolute Gasteiger partial charge is 0.444 e. The topological polar surface area (TPSA) is 95.2 Å². The van der Waals surface area contributed by atoms with Gasteiger partial charge in [-0.25, -0.2) is 14.8 Å². The van der Waals surface area contributed by atoms with E-state index in [4.69, 9.17) is 16.3 Å². The van der Waals surface area contributed by atoms with Gasteiger partial charge in [-0.05, 0) is 62.9 Å². The van der Waals surface area contributed by atoms with Crippen molar-refractivity contribution in [3.8, 4) is 0 Å². The third-order valence-electron chi connectivity index (χ3n) is 5.74. The number of nitrogens with one attached hydrogen (secondary N) is 3. The summed E-state index contributed by atoms with van der Waals surface area (Å²) in [5.74, 6) is 1.06. The Morgan fingerprint density at radius 2 is 2.03 bits per heavy atom. The van der Waals surface area contributed by atoms with Gasteiger partial charge >= 0.3 is 6.09 Å². The first kappa shape index (κ1) is 23.3. The second-order valence-corrected chi connectivity index (χ2v) is 10.1. The van der Waals surface area contributed by atoms with Crippen molar-refractivity contribution in [1.29, 1.82) is 0 Å². The van der Waals surface area contributed by atoms with Gasteiger partial charge in [0, 0.05) is 42.6 Å². The summed E-state index contributed by atoms with van der Waals surface area (Å²) >= 11 is 6.01. The first-order chi connectivity index (χ1) is 15.7. The van der Waals surface area contributed by atoms with E-state index in [1.807, 2.05) is 51.2 Å². The second kappa shape index (κ2) is 9.57. The van der Waals surface area contributed by atoms with Gasteiger partial charge in [-0.2, -0.15) is 0 Å². The van der Waals surface area contributed by atoms with Gasteiger partial charge < -0.3 is 20.4 Å². The predicted octanol–water partition coefficient (Wildman–Crippen LogP) is 5.09. The maximum atomic E-state index is 12.2. The average molecular weight is 471 g/mol. The van der Waals surface area contributed by atoms with E-state index in [9.17, 15) is 4.79 Å². The van der Waals surface area contributed by atoms with Gasteiger partial charge in [0.15, 0.2) is 0 Å². The van der Waals surface area contributed by atoms with E-state index in [1.54, 1.807) is 6.33 Å². The summed E-state index contributed by atoms with van der Waals surface area (Å²) in [5.41, 5.74) is 2.34. The van der Waals surface area contributed by atoms with Crippen molar-refractivity contribution in [2.24, 2.45) is 5.92 Å². The van der Waals surface area contributed by atoms with E-state index in [-0.39, 0.29) is 12.1 Å². The molecule has 0 bridgehead atoms. The highest BCUT2D eigenvalue weighted by Gasteiger charge is 2.29. The molecule has 1 aromatic carbocycles. The molecule has 0 aliphatic carbocycles. The van der Waals surface area contributed by atoms with E-state index in [1.165, 1.54) is 0 Å². The summed E-state index contributed by atoms with van der Waals surface area (Å²) in [6.07, 6.45) is 4.08. The van der Waals surface area contributed by atoms with E-state index in [2.05, 4.69) is 37.4 Å². The van der Waals surface area contributed by atoms with E-state index < -0.39 is 5.60 Å². The maximum Gasteiger partial charge on any atom is 0.407 e. The van der Waals surface area contributed by atoms with Gasteiger partial charge in [0.1, 0.15) is 23.4 Å². The summed E-state index contributed by atoms with van der Waals surface area (Å²) in [6, 6.07) is 7.64. The molecule has 0 spiro atoms. The number of fused-ring (bicyclic) bond motifs is 1. The molecular weight excluding hydrogens is 440 g/mol. The number of aromatic amines is 1. The third-order valence-corrected chi connectivity index (χ3v) is 6.00. The van der Waals surface area contributed by atoms with Crippen LogP contribution >= 0.6 is 11.6 Å². The molecule has 1 aliphatic rings. The van der Waals surface area contributed by atoms with Crippen LogP contribution in [-0.2, 0) is 11.3 Å². The lowest BCUT2D eigenvalue weighted by Crippen LogP contribution is -2.50. The normalized spacial score (nSPS) is 19.4. The number of benzene rings is 1. The number of halogens is 1.